The second-order valence-corrected chi connectivity index (χ2v) is 8.03. The lowest BCUT2D eigenvalue weighted by Gasteiger charge is -2.28. The zero-order valence-electron chi connectivity index (χ0n) is 18.4. The normalized spacial score (nSPS) is 23.4. The highest BCUT2D eigenvalue weighted by molar-refractivity contribution is 6.58. The van der Waals surface area contributed by atoms with E-state index in [0.29, 0.717) is 5.46 Å². The SMILES string of the molecule is C=C/C=C1/CC(C)(c2cc(B(O)O)ccc2/C(C)=C(C)/C=C\C=C/C)C/C1=C/C. The van der Waals surface area contributed by atoms with Gasteiger partial charge in [0.2, 0.25) is 0 Å². The van der Waals surface area contributed by atoms with Crippen LogP contribution in [0.5, 0.6) is 0 Å². The third-order valence-electron chi connectivity index (χ3n) is 5.88. The Morgan fingerprint density at radius 1 is 1.10 bits per heavy atom. The molecule has 3 heteroatoms. The molecule has 0 aromatic heterocycles. The molecule has 152 valence electrons. The van der Waals surface area contributed by atoms with Gasteiger partial charge < -0.3 is 10.0 Å². The van der Waals surface area contributed by atoms with E-state index in [1.54, 1.807) is 0 Å². The molecule has 1 aromatic rings. The van der Waals surface area contributed by atoms with Crippen molar-refractivity contribution in [1.29, 1.82) is 0 Å². The van der Waals surface area contributed by atoms with Gasteiger partial charge in [-0.25, -0.2) is 0 Å². The van der Waals surface area contributed by atoms with Gasteiger partial charge in [-0.3, -0.25) is 0 Å². The average Bonchev–Trinajstić information content (AvgIpc) is 3.04. The summed E-state index contributed by atoms with van der Waals surface area (Å²) in [4.78, 5) is 0. The molecule has 0 spiro atoms. The van der Waals surface area contributed by atoms with Gasteiger partial charge in [-0.2, -0.15) is 0 Å². The number of benzene rings is 1. The summed E-state index contributed by atoms with van der Waals surface area (Å²) >= 11 is 0. The lowest BCUT2D eigenvalue weighted by molar-refractivity contribution is 0.425. The van der Waals surface area contributed by atoms with Crippen LogP contribution in [0.4, 0.5) is 0 Å². The third-order valence-corrected chi connectivity index (χ3v) is 5.88. The average molecular weight is 388 g/mol. The Labute approximate surface area is 176 Å². The molecule has 1 atom stereocenters. The van der Waals surface area contributed by atoms with Crippen molar-refractivity contribution in [2.24, 2.45) is 0 Å². The van der Waals surface area contributed by atoms with E-state index in [0.717, 1.165) is 24.0 Å². The Balaban J connectivity index is 2.66. The Hall–Kier alpha value is -2.36. The van der Waals surface area contributed by atoms with E-state index < -0.39 is 7.12 Å². The van der Waals surface area contributed by atoms with Crippen LogP contribution in [0.15, 0.2) is 84.0 Å². The van der Waals surface area contributed by atoms with Crippen molar-refractivity contribution in [3.05, 3.63) is 95.2 Å². The van der Waals surface area contributed by atoms with Gasteiger partial charge in [0.05, 0.1) is 0 Å². The second kappa shape index (κ2) is 9.91. The van der Waals surface area contributed by atoms with Crippen LogP contribution in [0.25, 0.3) is 5.57 Å². The van der Waals surface area contributed by atoms with Crippen LogP contribution < -0.4 is 5.46 Å². The first kappa shape index (κ1) is 22.9. The fourth-order valence-electron chi connectivity index (χ4n) is 4.11. The van der Waals surface area contributed by atoms with E-state index in [4.69, 9.17) is 0 Å². The maximum Gasteiger partial charge on any atom is 0.488 e. The van der Waals surface area contributed by atoms with E-state index in [2.05, 4.69) is 52.5 Å². The molecule has 1 unspecified atom stereocenters. The van der Waals surface area contributed by atoms with Gasteiger partial charge in [-0.05, 0) is 79.4 Å². The Kier molecular flexibility index (Phi) is 7.84. The molecule has 2 nitrogen and oxygen atoms in total. The Bertz CT molecular complexity index is 913. The van der Waals surface area contributed by atoms with E-state index in [1.165, 1.54) is 22.3 Å². The monoisotopic (exact) mass is 388 g/mol. The predicted octanol–water partition coefficient (Wildman–Crippen LogP) is 5.40. The van der Waals surface area contributed by atoms with Gasteiger partial charge in [0, 0.05) is 5.41 Å². The minimum Gasteiger partial charge on any atom is -0.423 e. The number of hydrogen-bond acceptors (Lipinski definition) is 2. The zero-order valence-corrected chi connectivity index (χ0v) is 18.4. The van der Waals surface area contributed by atoms with E-state index in [-0.39, 0.29) is 5.41 Å². The molecule has 0 bridgehead atoms. The minimum absolute atomic E-state index is 0.120. The lowest BCUT2D eigenvalue weighted by Crippen LogP contribution is -2.32. The van der Waals surface area contributed by atoms with Crippen LogP contribution in [-0.2, 0) is 5.41 Å². The summed E-state index contributed by atoms with van der Waals surface area (Å²) < 4.78 is 0. The predicted molar refractivity (Wildman–Crippen MR) is 127 cm³/mol. The minimum atomic E-state index is -1.47. The summed E-state index contributed by atoms with van der Waals surface area (Å²) in [5, 5.41) is 19.6. The van der Waals surface area contributed by atoms with Gasteiger partial charge in [-0.1, -0.05) is 74.2 Å². The molecule has 1 aliphatic carbocycles. The molecule has 0 aliphatic heterocycles. The van der Waals surface area contributed by atoms with Crippen molar-refractivity contribution >= 4 is 18.2 Å². The number of allylic oxidation sites excluding steroid dienone is 11. The highest BCUT2D eigenvalue weighted by Crippen LogP contribution is 2.48. The molecule has 0 amide bonds. The van der Waals surface area contributed by atoms with Crippen LogP contribution in [0.2, 0.25) is 0 Å². The molecule has 1 fully saturated rings. The van der Waals surface area contributed by atoms with Crippen molar-refractivity contribution in [3.63, 3.8) is 0 Å². The van der Waals surface area contributed by atoms with Gasteiger partial charge >= 0.3 is 7.12 Å². The van der Waals surface area contributed by atoms with Gasteiger partial charge in [0.1, 0.15) is 0 Å². The van der Waals surface area contributed by atoms with Crippen molar-refractivity contribution in [2.75, 3.05) is 0 Å². The summed E-state index contributed by atoms with van der Waals surface area (Å²) in [6.45, 7) is 14.5. The summed E-state index contributed by atoms with van der Waals surface area (Å²) in [6.07, 6.45) is 16.1. The molecule has 0 radical (unpaired) electrons. The number of rotatable bonds is 6. The maximum atomic E-state index is 9.78. The van der Waals surface area contributed by atoms with Crippen LogP contribution in [0.3, 0.4) is 0 Å². The zero-order chi connectivity index (χ0) is 21.6. The maximum absolute atomic E-state index is 9.78. The molecule has 1 aromatic carbocycles. The van der Waals surface area contributed by atoms with E-state index in [9.17, 15) is 10.0 Å². The molecule has 2 rings (SSSR count). The van der Waals surface area contributed by atoms with Crippen molar-refractivity contribution in [1.82, 2.24) is 0 Å². The first-order valence-corrected chi connectivity index (χ1v) is 10.2. The molecule has 1 saturated carbocycles. The van der Waals surface area contributed by atoms with Crippen LogP contribution in [0.1, 0.15) is 58.6 Å². The summed E-state index contributed by atoms with van der Waals surface area (Å²) in [7, 11) is -1.47. The molecular weight excluding hydrogens is 355 g/mol. The van der Waals surface area contributed by atoms with Crippen LogP contribution in [0, 0.1) is 0 Å². The molecular formula is C26H33BO2. The van der Waals surface area contributed by atoms with Crippen LogP contribution >= 0.6 is 0 Å². The molecule has 2 N–H and O–H groups in total. The van der Waals surface area contributed by atoms with Crippen molar-refractivity contribution in [3.8, 4) is 0 Å². The first-order valence-electron chi connectivity index (χ1n) is 10.2. The quantitative estimate of drug-likeness (QED) is 0.506. The molecule has 0 heterocycles. The van der Waals surface area contributed by atoms with E-state index in [1.807, 2.05) is 49.4 Å². The standard InChI is InChI=1S/C26H33BO2/c1-7-10-11-13-19(4)20(5)24-15-14-23(27(28)29)16-25(24)26(6)17-21(9-3)22(18-26)12-8-2/h7-16,28-29H,2,17-18H2,1,3-6H3/b10-7-,13-11-,20-19+,21-9-,22-12-. The summed E-state index contributed by atoms with van der Waals surface area (Å²) in [5.74, 6) is 0. The molecule has 1 aliphatic rings. The lowest BCUT2D eigenvalue weighted by atomic mass is 9.71. The van der Waals surface area contributed by atoms with Gasteiger partial charge in [0.15, 0.2) is 0 Å². The topological polar surface area (TPSA) is 40.5 Å². The summed E-state index contributed by atoms with van der Waals surface area (Å²) in [5.41, 5.74) is 7.76. The van der Waals surface area contributed by atoms with Gasteiger partial charge in [0.25, 0.3) is 0 Å². The van der Waals surface area contributed by atoms with Crippen molar-refractivity contribution < 1.29 is 10.0 Å². The fourth-order valence-corrected chi connectivity index (χ4v) is 4.11. The Morgan fingerprint density at radius 3 is 2.38 bits per heavy atom. The largest absolute Gasteiger partial charge is 0.488 e. The summed E-state index contributed by atoms with van der Waals surface area (Å²) in [6, 6.07) is 5.81. The molecule has 0 saturated heterocycles. The highest BCUT2D eigenvalue weighted by atomic mass is 16.4. The highest BCUT2D eigenvalue weighted by Gasteiger charge is 2.38. The fraction of sp³-hybridized carbons (Fsp3) is 0.308. The number of hydrogen-bond donors (Lipinski definition) is 2. The second-order valence-electron chi connectivity index (χ2n) is 8.03. The van der Waals surface area contributed by atoms with Crippen LogP contribution in [-0.4, -0.2) is 17.2 Å². The first-order chi connectivity index (χ1) is 13.8. The Morgan fingerprint density at radius 2 is 1.79 bits per heavy atom. The van der Waals surface area contributed by atoms with Gasteiger partial charge in [-0.15, -0.1) is 0 Å². The van der Waals surface area contributed by atoms with Crippen molar-refractivity contribution in [2.45, 2.75) is 52.9 Å². The third kappa shape index (κ3) is 5.17. The molecule has 29 heavy (non-hydrogen) atoms. The smallest absolute Gasteiger partial charge is 0.423 e. The van der Waals surface area contributed by atoms with E-state index >= 15 is 0 Å².